The van der Waals surface area contributed by atoms with Crippen molar-refractivity contribution in [3.05, 3.63) is 41.2 Å². The zero-order valence-corrected chi connectivity index (χ0v) is 16.9. The molecule has 1 fully saturated rings. The summed E-state index contributed by atoms with van der Waals surface area (Å²) in [6, 6.07) is 3.31. The molecule has 0 saturated carbocycles. The first-order valence-corrected chi connectivity index (χ1v) is 10.0. The van der Waals surface area contributed by atoms with Crippen molar-refractivity contribution >= 4 is 16.9 Å². The van der Waals surface area contributed by atoms with E-state index in [1.165, 1.54) is 6.07 Å². The van der Waals surface area contributed by atoms with Gasteiger partial charge in [-0.05, 0) is 44.4 Å². The SMILES string of the molecule is CCCn1ncc(C(=O)N2CCC[C@H](n3nnc4cc(C(F)(F)F)ccc43)C2)c1C. The van der Waals surface area contributed by atoms with Gasteiger partial charge in [0.15, 0.2) is 0 Å². The predicted octanol–water partition coefficient (Wildman–Crippen LogP) is 3.84. The molecule has 1 aromatic carbocycles. The number of halogens is 3. The van der Waals surface area contributed by atoms with Crippen molar-refractivity contribution in [3.63, 3.8) is 0 Å². The first-order valence-electron chi connectivity index (χ1n) is 10.0. The molecule has 0 bridgehead atoms. The monoisotopic (exact) mass is 420 g/mol. The number of piperidine rings is 1. The Morgan fingerprint density at radius 1 is 1.30 bits per heavy atom. The fraction of sp³-hybridized carbons (Fsp3) is 0.500. The summed E-state index contributed by atoms with van der Waals surface area (Å²) in [4.78, 5) is 14.8. The molecule has 0 unspecified atom stereocenters. The molecule has 160 valence electrons. The summed E-state index contributed by atoms with van der Waals surface area (Å²) >= 11 is 0. The van der Waals surface area contributed by atoms with Crippen LogP contribution in [-0.4, -0.2) is 48.7 Å². The van der Waals surface area contributed by atoms with Crippen LogP contribution in [0.25, 0.3) is 11.0 Å². The number of aryl methyl sites for hydroxylation is 1. The molecule has 1 aliphatic heterocycles. The second kappa shape index (κ2) is 7.73. The molecular formula is C20H23F3N6O. The first-order chi connectivity index (χ1) is 14.3. The molecule has 0 N–H and O–H groups in total. The third kappa shape index (κ3) is 3.66. The van der Waals surface area contributed by atoms with Crippen molar-refractivity contribution in [3.8, 4) is 0 Å². The predicted molar refractivity (Wildman–Crippen MR) is 104 cm³/mol. The number of aromatic nitrogens is 5. The Labute approximate surface area is 171 Å². The van der Waals surface area contributed by atoms with Crippen LogP contribution in [0.4, 0.5) is 13.2 Å². The van der Waals surface area contributed by atoms with Gasteiger partial charge in [-0.2, -0.15) is 18.3 Å². The fourth-order valence-electron chi connectivity index (χ4n) is 3.99. The average molecular weight is 420 g/mol. The Kier molecular flexibility index (Phi) is 5.25. The lowest BCUT2D eigenvalue weighted by atomic mass is 10.0. The number of carbonyl (C=O) groups is 1. The lowest BCUT2D eigenvalue weighted by molar-refractivity contribution is -0.137. The summed E-state index contributed by atoms with van der Waals surface area (Å²) in [7, 11) is 0. The number of hydrogen-bond donors (Lipinski definition) is 0. The van der Waals surface area contributed by atoms with E-state index in [1.54, 1.807) is 15.8 Å². The molecule has 7 nitrogen and oxygen atoms in total. The number of alkyl halides is 3. The van der Waals surface area contributed by atoms with Gasteiger partial charge in [-0.25, -0.2) is 4.68 Å². The van der Waals surface area contributed by atoms with E-state index in [9.17, 15) is 18.0 Å². The Morgan fingerprint density at radius 3 is 2.83 bits per heavy atom. The van der Waals surface area contributed by atoms with Crippen molar-refractivity contribution in [2.75, 3.05) is 13.1 Å². The number of amides is 1. The van der Waals surface area contributed by atoms with Crippen molar-refractivity contribution < 1.29 is 18.0 Å². The van der Waals surface area contributed by atoms with Crippen LogP contribution in [0.3, 0.4) is 0 Å². The second-order valence-corrected chi connectivity index (χ2v) is 7.65. The van der Waals surface area contributed by atoms with Crippen LogP contribution in [0.2, 0.25) is 0 Å². The highest BCUT2D eigenvalue weighted by Crippen LogP contribution is 2.32. The minimum absolute atomic E-state index is 0.0802. The van der Waals surface area contributed by atoms with E-state index >= 15 is 0 Å². The molecule has 1 saturated heterocycles. The van der Waals surface area contributed by atoms with Crippen molar-refractivity contribution in [1.82, 2.24) is 29.7 Å². The maximum Gasteiger partial charge on any atom is 0.416 e. The number of benzene rings is 1. The lowest BCUT2D eigenvalue weighted by Crippen LogP contribution is -2.41. The van der Waals surface area contributed by atoms with Gasteiger partial charge in [-0.3, -0.25) is 9.48 Å². The number of rotatable bonds is 4. The topological polar surface area (TPSA) is 68.8 Å². The minimum Gasteiger partial charge on any atom is -0.336 e. The molecule has 0 aliphatic carbocycles. The average Bonchev–Trinajstić information content (AvgIpc) is 3.31. The molecule has 30 heavy (non-hydrogen) atoms. The lowest BCUT2D eigenvalue weighted by Gasteiger charge is -2.32. The Hall–Kier alpha value is -2.91. The van der Waals surface area contributed by atoms with Crippen molar-refractivity contribution in [1.29, 1.82) is 0 Å². The van der Waals surface area contributed by atoms with Gasteiger partial charge in [0.1, 0.15) is 5.52 Å². The third-order valence-corrected chi connectivity index (χ3v) is 5.60. The summed E-state index contributed by atoms with van der Waals surface area (Å²) < 4.78 is 42.3. The van der Waals surface area contributed by atoms with Gasteiger partial charge in [-0.15, -0.1) is 5.10 Å². The zero-order chi connectivity index (χ0) is 21.5. The molecule has 1 atom stereocenters. The molecule has 1 aliphatic rings. The zero-order valence-electron chi connectivity index (χ0n) is 16.9. The molecular weight excluding hydrogens is 397 g/mol. The molecule has 3 aromatic rings. The van der Waals surface area contributed by atoms with Gasteiger partial charge in [0.2, 0.25) is 0 Å². The quantitative estimate of drug-likeness (QED) is 0.643. The van der Waals surface area contributed by atoms with Crippen LogP contribution in [0, 0.1) is 6.92 Å². The minimum atomic E-state index is -4.42. The number of hydrogen-bond acceptors (Lipinski definition) is 4. The van der Waals surface area contributed by atoms with Crippen molar-refractivity contribution in [2.24, 2.45) is 0 Å². The van der Waals surface area contributed by atoms with Gasteiger partial charge >= 0.3 is 6.18 Å². The van der Waals surface area contributed by atoms with Crippen LogP contribution < -0.4 is 0 Å². The van der Waals surface area contributed by atoms with Crippen LogP contribution >= 0.6 is 0 Å². The Morgan fingerprint density at radius 2 is 2.10 bits per heavy atom. The second-order valence-electron chi connectivity index (χ2n) is 7.65. The highest BCUT2D eigenvalue weighted by molar-refractivity contribution is 5.95. The van der Waals surface area contributed by atoms with E-state index in [-0.39, 0.29) is 17.5 Å². The van der Waals surface area contributed by atoms with Gasteiger partial charge in [-0.1, -0.05) is 12.1 Å². The molecule has 3 heterocycles. The number of fused-ring (bicyclic) bond motifs is 1. The summed E-state index contributed by atoms with van der Waals surface area (Å²) in [5, 5.41) is 12.3. The maximum atomic E-state index is 13.1. The van der Waals surface area contributed by atoms with Gasteiger partial charge in [0, 0.05) is 25.3 Å². The maximum absolute atomic E-state index is 13.1. The van der Waals surface area contributed by atoms with Crippen LogP contribution in [-0.2, 0) is 12.7 Å². The molecule has 10 heteroatoms. The van der Waals surface area contributed by atoms with Gasteiger partial charge in [0.25, 0.3) is 5.91 Å². The van der Waals surface area contributed by atoms with Crippen molar-refractivity contribution in [2.45, 2.75) is 51.9 Å². The Bertz CT molecular complexity index is 1070. The van der Waals surface area contributed by atoms with E-state index in [0.717, 1.165) is 43.6 Å². The van der Waals surface area contributed by atoms with Gasteiger partial charge < -0.3 is 4.90 Å². The molecule has 0 radical (unpaired) electrons. The molecule has 0 spiro atoms. The van der Waals surface area contributed by atoms with Crippen LogP contribution in [0.1, 0.15) is 53.8 Å². The summed E-state index contributed by atoms with van der Waals surface area (Å²) in [6.07, 6.45) is -0.332. The number of nitrogens with zero attached hydrogens (tertiary/aromatic N) is 6. The first kappa shape index (κ1) is 20.4. The van der Waals surface area contributed by atoms with E-state index in [2.05, 4.69) is 22.3 Å². The summed E-state index contributed by atoms with van der Waals surface area (Å²) in [6.45, 7) is 5.75. The standard InChI is InChI=1S/C20H23F3N6O/c1-3-8-28-13(2)16(11-24-28)19(30)27-9-4-5-15(12-27)29-18-7-6-14(20(21,22)23)10-17(18)25-26-29/h6-7,10-11,15H,3-5,8-9,12H2,1-2H3/t15-/m0/s1. The van der Waals surface area contributed by atoms with E-state index in [0.29, 0.717) is 24.2 Å². The number of likely N-dealkylation sites (tertiary alicyclic amines) is 1. The highest BCUT2D eigenvalue weighted by atomic mass is 19.4. The highest BCUT2D eigenvalue weighted by Gasteiger charge is 2.32. The summed E-state index contributed by atoms with van der Waals surface area (Å²) in [5.74, 6) is -0.0802. The molecule has 2 aromatic heterocycles. The van der Waals surface area contributed by atoms with Crippen LogP contribution in [0.5, 0.6) is 0 Å². The molecule has 1 amide bonds. The smallest absolute Gasteiger partial charge is 0.336 e. The van der Waals surface area contributed by atoms with E-state index < -0.39 is 11.7 Å². The Balaban J connectivity index is 1.56. The largest absolute Gasteiger partial charge is 0.416 e. The van der Waals surface area contributed by atoms with E-state index in [1.807, 2.05) is 11.6 Å². The fourth-order valence-corrected chi connectivity index (χ4v) is 3.99. The van der Waals surface area contributed by atoms with Gasteiger partial charge in [0.05, 0.1) is 28.9 Å². The van der Waals surface area contributed by atoms with Crippen LogP contribution in [0.15, 0.2) is 24.4 Å². The molecule has 4 rings (SSSR count). The van der Waals surface area contributed by atoms with E-state index in [4.69, 9.17) is 0 Å². The third-order valence-electron chi connectivity index (χ3n) is 5.60. The normalized spacial score (nSPS) is 17.6. The summed E-state index contributed by atoms with van der Waals surface area (Å²) in [5.41, 5.74) is 1.42. The number of carbonyl (C=O) groups excluding carboxylic acids is 1.